The summed E-state index contributed by atoms with van der Waals surface area (Å²) in [6.07, 6.45) is 2.22. The molecule has 0 saturated carbocycles. The summed E-state index contributed by atoms with van der Waals surface area (Å²) < 4.78 is 0. The second-order valence-electron chi connectivity index (χ2n) is 6.50. The van der Waals surface area contributed by atoms with Crippen LogP contribution in [0.15, 0.2) is 18.2 Å². The first kappa shape index (κ1) is 13.4. The Bertz CT molecular complexity index is 423. The number of benzene rings is 1. The Morgan fingerprint density at radius 1 is 1.39 bits per heavy atom. The fourth-order valence-corrected chi connectivity index (χ4v) is 2.41. The number of aryl methyl sites for hydroxylation is 1. The van der Waals surface area contributed by atoms with Gasteiger partial charge in [0.1, 0.15) is 5.75 Å². The summed E-state index contributed by atoms with van der Waals surface area (Å²) in [5.41, 5.74) is 2.99. The van der Waals surface area contributed by atoms with Crippen LogP contribution in [0.3, 0.4) is 0 Å². The van der Waals surface area contributed by atoms with Gasteiger partial charge in [-0.2, -0.15) is 0 Å². The van der Waals surface area contributed by atoms with Crippen LogP contribution in [-0.2, 0) is 6.42 Å². The molecule has 0 aliphatic heterocycles. The average molecular weight is 247 g/mol. The van der Waals surface area contributed by atoms with Crippen molar-refractivity contribution >= 4 is 0 Å². The second-order valence-corrected chi connectivity index (χ2v) is 6.50. The van der Waals surface area contributed by atoms with Crippen LogP contribution in [0.1, 0.15) is 51.3 Å². The summed E-state index contributed by atoms with van der Waals surface area (Å²) in [6.45, 7) is 10.2. The number of phenolic OH excluding ortho intramolecular Hbond substituents is 1. The molecule has 0 fully saturated rings. The van der Waals surface area contributed by atoms with Gasteiger partial charge in [-0.3, -0.25) is 0 Å². The van der Waals surface area contributed by atoms with Crippen LogP contribution in [0.2, 0.25) is 0 Å². The van der Waals surface area contributed by atoms with Gasteiger partial charge in [-0.25, -0.2) is 0 Å². The molecule has 2 rings (SSSR count). The molecule has 1 aromatic rings. The van der Waals surface area contributed by atoms with Crippen LogP contribution in [0, 0.1) is 11.3 Å². The van der Waals surface area contributed by atoms with Crippen molar-refractivity contribution in [1.82, 2.24) is 5.32 Å². The van der Waals surface area contributed by atoms with Gasteiger partial charge in [0.15, 0.2) is 0 Å². The third-order valence-corrected chi connectivity index (χ3v) is 4.57. The van der Waals surface area contributed by atoms with E-state index in [4.69, 9.17) is 0 Å². The highest BCUT2D eigenvalue weighted by Crippen LogP contribution is 2.34. The predicted octanol–water partition coefficient (Wildman–Crippen LogP) is 3.65. The van der Waals surface area contributed by atoms with Gasteiger partial charge in [-0.1, -0.05) is 33.8 Å². The Kier molecular flexibility index (Phi) is 3.67. The van der Waals surface area contributed by atoms with Gasteiger partial charge in [-0.05, 0) is 47.4 Å². The Morgan fingerprint density at radius 3 is 2.78 bits per heavy atom. The normalized spacial score (nSPS) is 19.3. The van der Waals surface area contributed by atoms with E-state index in [9.17, 15) is 5.11 Å². The number of hydrogen-bond donors (Lipinski definition) is 2. The van der Waals surface area contributed by atoms with Crippen LogP contribution in [0.25, 0.3) is 0 Å². The fraction of sp³-hybridized carbons (Fsp3) is 0.625. The molecule has 2 N–H and O–H groups in total. The average Bonchev–Trinajstić information content (AvgIpc) is 2.68. The first-order chi connectivity index (χ1) is 8.40. The van der Waals surface area contributed by atoms with Gasteiger partial charge in [0.25, 0.3) is 0 Å². The maximum atomic E-state index is 9.49. The van der Waals surface area contributed by atoms with Crippen LogP contribution >= 0.6 is 0 Å². The fourth-order valence-electron chi connectivity index (χ4n) is 2.41. The minimum Gasteiger partial charge on any atom is -0.508 e. The maximum absolute atomic E-state index is 9.49. The zero-order chi connectivity index (χ0) is 13.3. The van der Waals surface area contributed by atoms with E-state index in [1.54, 1.807) is 6.07 Å². The van der Waals surface area contributed by atoms with Gasteiger partial charge < -0.3 is 10.4 Å². The van der Waals surface area contributed by atoms with E-state index in [2.05, 4.69) is 39.1 Å². The SMILES string of the molecule is CC(C)C(C)(C)CNC1CCc2cc(O)ccc21. The van der Waals surface area contributed by atoms with Crippen molar-refractivity contribution in [2.75, 3.05) is 6.54 Å². The van der Waals surface area contributed by atoms with E-state index >= 15 is 0 Å². The molecule has 2 nitrogen and oxygen atoms in total. The zero-order valence-corrected chi connectivity index (χ0v) is 12.0. The van der Waals surface area contributed by atoms with Crippen molar-refractivity contribution in [2.24, 2.45) is 11.3 Å². The molecule has 0 spiro atoms. The summed E-state index contributed by atoms with van der Waals surface area (Å²) in [5.74, 6) is 1.06. The van der Waals surface area contributed by atoms with E-state index in [-0.39, 0.29) is 0 Å². The number of aromatic hydroxyl groups is 1. The molecule has 100 valence electrons. The van der Waals surface area contributed by atoms with E-state index in [1.807, 2.05) is 6.07 Å². The first-order valence-electron chi connectivity index (χ1n) is 6.95. The maximum Gasteiger partial charge on any atom is 0.115 e. The summed E-state index contributed by atoms with van der Waals surface area (Å²) >= 11 is 0. The standard InChI is InChI=1S/C16H25NO/c1-11(2)16(3,4)10-17-15-8-5-12-9-13(18)6-7-14(12)15/h6-7,9,11,15,17-18H,5,8,10H2,1-4H3. The first-order valence-corrected chi connectivity index (χ1v) is 6.95. The molecule has 0 saturated heterocycles. The Morgan fingerprint density at radius 2 is 2.11 bits per heavy atom. The van der Waals surface area contributed by atoms with Crippen LogP contribution in [0.5, 0.6) is 5.75 Å². The largest absolute Gasteiger partial charge is 0.508 e. The van der Waals surface area contributed by atoms with Crippen molar-refractivity contribution in [2.45, 2.75) is 46.6 Å². The molecule has 18 heavy (non-hydrogen) atoms. The summed E-state index contributed by atoms with van der Waals surface area (Å²) in [5, 5.41) is 13.2. The lowest BCUT2D eigenvalue weighted by Gasteiger charge is -2.31. The summed E-state index contributed by atoms with van der Waals surface area (Å²) in [4.78, 5) is 0. The molecule has 0 bridgehead atoms. The molecular weight excluding hydrogens is 222 g/mol. The van der Waals surface area contributed by atoms with Crippen LogP contribution < -0.4 is 5.32 Å². The third kappa shape index (κ3) is 2.69. The number of phenols is 1. The Labute approximate surface area is 110 Å². The van der Waals surface area contributed by atoms with Crippen molar-refractivity contribution in [3.63, 3.8) is 0 Å². The molecule has 1 aliphatic carbocycles. The lowest BCUT2D eigenvalue weighted by Crippen LogP contribution is -2.35. The molecule has 1 aliphatic rings. The van der Waals surface area contributed by atoms with E-state index in [0.717, 1.165) is 19.4 Å². The zero-order valence-electron chi connectivity index (χ0n) is 12.0. The molecule has 1 unspecified atom stereocenters. The highest BCUT2D eigenvalue weighted by atomic mass is 16.3. The summed E-state index contributed by atoms with van der Waals surface area (Å²) in [7, 11) is 0. The lowest BCUT2D eigenvalue weighted by atomic mass is 9.81. The monoisotopic (exact) mass is 247 g/mol. The van der Waals surface area contributed by atoms with E-state index < -0.39 is 0 Å². The Hall–Kier alpha value is -1.02. The molecule has 1 atom stereocenters. The van der Waals surface area contributed by atoms with Gasteiger partial charge in [0, 0.05) is 12.6 Å². The minimum atomic E-state index is 0.319. The van der Waals surface area contributed by atoms with Crippen molar-refractivity contribution in [1.29, 1.82) is 0 Å². The van der Waals surface area contributed by atoms with Gasteiger partial charge in [0.2, 0.25) is 0 Å². The highest BCUT2D eigenvalue weighted by Gasteiger charge is 2.27. The summed E-state index contributed by atoms with van der Waals surface area (Å²) in [6, 6.07) is 6.23. The number of rotatable bonds is 4. The van der Waals surface area contributed by atoms with E-state index in [0.29, 0.717) is 23.1 Å². The molecule has 2 heteroatoms. The van der Waals surface area contributed by atoms with Crippen molar-refractivity contribution < 1.29 is 5.11 Å². The molecule has 0 amide bonds. The van der Waals surface area contributed by atoms with Gasteiger partial charge in [-0.15, -0.1) is 0 Å². The smallest absolute Gasteiger partial charge is 0.115 e. The van der Waals surface area contributed by atoms with Gasteiger partial charge >= 0.3 is 0 Å². The molecule has 0 aromatic heterocycles. The van der Waals surface area contributed by atoms with Crippen LogP contribution in [-0.4, -0.2) is 11.7 Å². The highest BCUT2D eigenvalue weighted by molar-refractivity contribution is 5.40. The molecule has 1 aromatic carbocycles. The number of fused-ring (bicyclic) bond motifs is 1. The van der Waals surface area contributed by atoms with Gasteiger partial charge in [0.05, 0.1) is 0 Å². The number of hydrogen-bond acceptors (Lipinski definition) is 2. The predicted molar refractivity (Wildman–Crippen MR) is 75.8 cm³/mol. The lowest BCUT2D eigenvalue weighted by molar-refractivity contribution is 0.228. The molecule has 0 heterocycles. The molecule has 0 radical (unpaired) electrons. The minimum absolute atomic E-state index is 0.319. The quantitative estimate of drug-likeness (QED) is 0.851. The third-order valence-electron chi connectivity index (χ3n) is 4.57. The van der Waals surface area contributed by atoms with E-state index in [1.165, 1.54) is 11.1 Å². The van der Waals surface area contributed by atoms with Crippen molar-refractivity contribution in [3.8, 4) is 5.75 Å². The topological polar surface area (TPSA) is 32.3 Å². The van der Waals surface area contributed by atoms with Crippen molar-refractivity contribution in [3.05, 3.63) is 29.3 Å². The Balaban J connectivity index is 2.02. The molecular formula is C16H25NO. The number of nitrogens with one attached hydrogen (secondary N) is 1. The van der Waals surface area contributed by atoms with Crippen LogP contribution in [0.4, 0.5) is 0 Å². The second kappa shape index (κ2) is 4.93.